The van der Waals surface area contributed by atoms with E-state index in [-0.39, 0.29) is 11.9 Å². The summed E-state index contributed by atoms with van der Waals surface area (Å²) in [6.07, 6.45) is 3.26. The van der Waals surface area contributed by atoms with E-state index in [0.717, 1.165) is 68.9 Å². The molecule has 1 heterocycles. The SMILES string of the molecule is CC(C)NC(=O)CN1CCN(CCCCCOc2ccc(C(N=O)c3ccc(Cl)cc3)cc2)CC1. The predicted molar refractivity (Wildman–Crippen MR) is 141 cm³/mol. The lowest BCUT2D eigenvalue weighted by Crippen LogP contribution is -2.50. The number of hydrogen-bond donors (Lipinski definition) is 1. The number of unbranched alkanes of at least 4 members (excludes halogenated alkanes) is 2. The largest absolute Gasteiger partial charge is 0.494 e. The molecule has 1 atom stereocenters. The number of halogens is 1. The van der Waals surface area contributed by atoms with Gasteiger partial charge in [-0.2, -0.15) is 0 Å². The Bertz CT molecular complexity index is 913. The molecule has 0 bridgehead atoms. The summed E-state index contributed by atoms with van der Waals surface area (Å²) in [5.74, 6) is 0.914. The smallest absolute Gasteiger partial charge is 0.234 e. The van der Waals surface area contributed by atoms with Gasteiger partial charge in [0.2, 0.25) is 5.91 Å². The molecule has 0 spiro atoms. The van der Waals surface area contributed by atoms with E-state index in [1.165, 1.54) is 0 Å². The third-order valence-electron chi connectivity index (χ3n) is 6.16. The Morgan fingerprint density at radius 1 is 0.943 bits per heavy atom. The normalized spacial score (nSPS) is 15.7. The number of ether oxygens (including phenoxy) is 1. The molecule has 190 valence electrons. The van der Waals surface area contributed by atoms with Crippen LogP contribution >= 0.6 is 11.6 Å². The average molecular weight is 501 g/mol. The molecule has 0 radical (unpaired) electrons. The van der Waals surface area contributed by atoms with E-state index >= 15 is 0 Å². The second-order valence-corrected chi connectivity index (χ2v) is 9.81. The van der Waals surface area contributed by atoms with Crippen LogP contribution in [0.5, 0.6) is 5.75 Å². The van der Waals surface area contributed by atoms with Gasteiger partial charge in [0.25, 0.3) is 0 Å². The lowest BCUT2D eigenvalue weighted by molar-refractivity contribution is -0.123. The Kier molecular flexibility index (Phi) is 11.0. The van der Waals surface area contributed by atoms with Gasteiger partial charge < -0.3 is 15.0 Å². The van der Waals surface area contributed by atoms with Crippen molar-refractivity contribution in [3.63, 3.8) is 0 Å². The Hall–Kier alpha value is -2.48. The van der Waals surface area contributed by atoms with Crippen LogP contribution in [0.2, 0.25) is 5.02 Å². The van der Waals surface area contributed by atoms with Crippen LogP contribution in [0.1, 0.15) is 50.3 Å². The van der Waals surface area contributed by atoms with E-state index in [2.05, 4.69) is 20.3 Å². The number of benzene rings is 2. The standard InChI is InChI=1S/C27H37ClN4O3/c1-21(2)29-26(33)20-32-17-15-31(16-18-32)14-4-3-5-19-35-25-12-8-23(9-13-25)27(30-34)22-6-10-24(28)11-7-22/h6-13,21,27H,3-5,14-20H2,1-2H3,(H,29,33). The van der Waals surface area contributed by atoms with Crippen molar-refractivity contribution >= 4 is 17.5 Å². The maximum absolute atomic E-state index is 11.9. The summed E-state index contributed by atoms with van der Waals surface area (Å²) < 4.78 is 5.88. The first-order valence-corrected chi connectivity index (χ1v) is 12.9. The van der Waals surface area contributed by atoms with Gasteiger partial charge >= 0.3 is 0 Å². The Labute approximate surface area is 213 Å². The second-order valence-electron chi connectivity index (χ2n) is 9.38. The zero-order chi connectivity index (χ0) is 25.0. The zero-order valence-electron chi connectivity index (χ0n) is 20.8. The number of piperazine rings is 1. The molecular weight excluding hydrogens is 464 g/mol. The molecular formula is C27H37ClN4O3. The predicted octanol–water partition coefficient (Wildman–Crippen LogP) is 4.89. The Balaban J connectivity index is 1.29. The quantitative estimate of drug-likeness (QED) is 0.313. The van der Waals surface area contributed by atoms with Gasteiger partial charge in [0.15, 0.2) is 0 Å². The van der Waals surface area contributed by atoms with Crippen molar-refractivity contribution in [1.82, 2.24) is 15.1 Å². The Morgan fingerprint density at radius 2 is 1.54 bits per heavy atom. The molecule has 1 unspecified atom stereocenters. The van der Waals surface area contributed by atoms with Gasteiger partial charge in [-0.3, -0.25) is 9.69 Å². The van der Waals surface area contributed by atoms with Gasteiger partial charge in [-0.25, -0.2) is 0 Å². The van der Waals surface area contributed by atoms with Crippen LogP contribution in [0, 0.1) is 4.91 Å². The minimum absolute atomic E-state index is 0.116. The van der Waals surface area contributed by atoms with Crippen LogP contribution in [-0.4, -0.2) is 67.6 Å². The summed E-state index contributed by atoms with van der Waals surface area (Å²) in [4.78, 5) is 28.0. The number of nitroso groups, excluding NO2 is 1. The molecule has 0 saturated carbocycles. The van der Waals surface area contributed by atoms with Crippen LogP contribution in [0.15, 0.2) is 53.7 Å². The van der Waals surface area contributed by atoms with E-state index < -0.39 is 6.04 Å². The molecule has 1 fully saturated rings. The van der Waals surface area contributed by atoms with E-state index in [1.807, 2.05) is 50.2 Å². The lowest BCUT2D eigenvalue weighted by atomic mass is 9.99. The topological polar surface area (TPSA) is 74.2 Å². The highest BCUT2D eigenvalue weighted by atomic mass is 35.5. The Morgan fingerprint density at radius 3 is 2.14 bits per heavy atom. The molecule has 1 aliphatic heterocycles. The zero-order valence-corrected chi connectivity index (χ0v) is 21.5. The summed E-state index contributed by atoms with van der Waals surface area (Å²) in [5.41, 5.74) is 1.64. The third kappa shape index (κ3) is 9.24. The number of nitrogens with zero attached hydrogens (tertiary/aromatic N) is 3. The van der Waals surface area contributed by atoms with Crippen LogP contribution < -0.4 is 10.1 Å². The van der Waals surface area contributed by atoms with Crippen LogP contribution in [0.25, 0.3) is 0 Å². The molecule has 2 aromatic carbocycles. The molecule has 1 amide bonds. The summed E-state index contributed by atoms with van der Waals surface area (Å²) in [6, 6.07) is 14.4. The molecule has 0 aromatic heterocycles. The molecule has 0 aliphatic carbocycles. The van der Waals surface area contributed by atoms with E-state index in [4.69, 9.17) is 16.3 Å². The van der Waals surface area contributed by atoms with Crippen molar-refractivity contribution in [1.29, 1.82) is 0 Å². The number of carbonyl (C=O) groups is 1. The van der Waals surface area contributed by atoms with Crippen molar-refractivity contribution in [2.24, 2.45) is 5.18 Å². The van der Waals surface area contributed by atoms with Crippen molar-refractivity contribution in [2.75, 3.05) is 45.9 Å². The molecule has 3 rings (SSSR count). The maximum atomic E-state index is 11.9. The monoisotopic (exact) mass is 500 g/mol. The fraction of sp³-hybridized carbons (Fsp3) is 0.519. The van der Waals surface area contributed by atoms with E-state index in [0.29, 0.717) is 18.2 Å². The van der Waals surface area contributed by atoms with Crippen molar-refractivity contribution < 1.29 is 9.53 Å². The van der Waals surface area contributed by atoms with Gasteiger partial charge in [0.1, 0.15) is 11.8 Å². The molecule has 7 nitrogen and oxygen atoms in total. The third-order valence-corrected chi connectivity index (χ3v) is 6.41. The number of rotatable bonds is 13. The summed E-state index contributed by atoms with van der Waals surface area (Å²) in [6.45, 7) is 10.2. The highest BCUT2D eigenvalue weighted by Gasteiger charge is 2.19. The van der Waals surface area contributed by atoms with Crippen molar-refractivity contribution in [2.45, 2.75) is 45.2 Å². The number of hydrogen-bond acceptors (Lipinski definition) is 6. The fourth-order valence-corrected chi connectivity index (χ4v) is 4.38. The summed E-state index contributed by atoms with van der Waals surface area (Å²) in [5, 5.41) is 6.88. The van der Waals surface area contributed by atoms with Gasteiger partial charge in [-0.05, 0) is 75.0 Å². The minimum Gasteiger partial charge on any atom is -0.494 e. The molecule has 2 aromatic rings. The molecule has 1 aliphatic rings. The first-order chi connectivity index (χ1) is 16.9. The highest BCUT2D eigenvalue weighted by molar-refractivity contribution is 6.30. The van der Waals surface area contributed by atoms with Gasteiger partial charge in [0, 0.05) is 37.2 Å². The number of carbonyl (C=O) groups excluding carboxylic acids is 1. The lowest BCUT2D eigenvalue weighted by Gasteiger charge is -2.34. The highest BCUT2D eigenvalue weighted by Crippen LogP contribution is 2.28. The molecule has 35 heavy (non-hydrogen) atoms. The summed E-state index contributed by atoms with van der Waals surface area (Å²) >= 11 is 5.94. The van der Waals surface area contributed by atoms with Crippen LogP contribution in [-0.2, 0) is 4.79 Å². The van der Waals surface area contributed by atoms with E-state index in [1.54, 1.807) is 12.1 Å². The van der Waals surface area contributed by atoms with Gasteiger partial charge in [-0.15, -0.1) is 4.91 Å². The molecule has 8 heteroatoms. The van der Waals surface area contributed by atoms with Gasteiger partial charge in [-0.1, -0.05) is 41.0 Å². The average Bonchev–Trinajstić information content (AvgIpc) is 2.84. The van der Waals surface area contributed by atoms with Crippen molar-refractivity contribution in [3.05, 3.63) is 69.6 Å². The second kappa shape index (κ2) is 14.2. The summed E-state index contributed by atoms with van der Waals surface area (Å²) in [7, 11) is 0. The minimum atomic E-state index is -0.555. The molecule has 1 saturated heterocycles. The van der Waals surface area contributed by atoms with Crippen LogP contribution in [0.4, 0.5) is 0 Å². The first-order valence-electron chi connectivity index (χ1n) is 12.5. The van der Waals surface area contributed by atoms with Gasteiger partial charge in [0.05, 0.1) is 13.2 Å². The van der Waals surface area contributed by atoms with Crippen molar-refractivity contribution in [3.8, 4) is 5.75 Å². The number of nitrogens with one attached hydrogen (secondary N) is 1. The first kappa shape index (κ1) is 27.1. The van der Waals surface area contributed by atoms with Crippen LogP contribution in [0.3, 0.4) is 0 Å². The maximum Gasteiger partial charge on any atom is 0.234 e. The molecule has 1 N–H and O–H groups in total. The number of amides is 1. The fourth-order valence-electron chi connectivity index (χ4n) is 4.25. The van der Waals surface area contributed by atoms with E-state index in [9.17, 15) is 9.70 Å².